The third-order valence-electron chi connectivity index (χ3n) is 3.11. The Bertz CT molecular complexity index is 487. The SMILES string of the molecule is CCOC(=O)CN1c2ccccc2NC(=O)C[C@H]1C. The van der Waals surface area contributed by atoms with Crippen LogP contribution in [0.2, 0.25) is 0 Å². The van der Waals surface area contributed by atoms with Crippen LogP contribution in [0.4, 0.5) is 11.4 Å². The fourth-order valence-electron chi connectivity index (χ4n) is 2.23. The smallest absolute Gasteiger partial charge is 0.325 e. The largest absolute Gasteiger partial charge is 0.465 e. The van der Waals surface area contributed by atoms with Gasteiger partial charge in [-0.05, 0) is 26.0 Å². The lowest BCUT2D eigenvalue weighted by atomic mass is 10.2. The summed E-state index contributed by atoms with van der Waals surface area (Å²) in [6.45, 7) is 4.23. The molecule has 0 saturated heterocycles. The van der Waals surface area contributed by atoms with Crippen LogP contribution in [0.25, 0.3) is 0 Å². The number of fused-ring (bicyclic) bond motifs is 1. The van der Waals surface area contributed by atoms with E-state index in [1.54, 1.807) is 6.92 Å². The summed E-state index contributed by atoms with van der Waals surface area (Å²) in [5, 5.41) is 2.86. The maximum absolute atomic E-state index is 11.8. The molecule has 1 aliphatic rings. The van der Waals surface area contributed by atoms with Gasteiger partial charge in [-0.25, -0.2) is 0 Å². The average molecular weight is 262 g/mol. The number of benzene rings is 1. The van der Waals surface area contributed by atoms with E-state index in [-0.39, 0.29) is 24.5 Å². The minimum atomic E-state index is -0.279. The second-order valence-electron chi connectivity index (χ2n) is 4.55. The van der Waals surface area contributed by atoms with Gasteiger partial charge in [0.05, 0.1) is 18.0 Å². The lowest BCUT2D eigenvalue weighted by Gasteiger charge is -2.28. The average Bonchev–Trinajstić information content (AvgIpc) is 2.47. The molecule has 5 heteroatoms. The Hall–Kier alpha value is -2.04. The van der Waals surface area contributed by atoms with Crippen LogP contribution in [-0.2, 0) is 14.3 Å². The first-order chi connectivity index (χ1) is 9.11. The highest BCUT2D eigenvalue weighted by molar-refractivity contribution is 5.97. The van der Waals surface area contributed by atoms with Crippen molar-refractivity contribution in [1.29, 1.82) is 0 Å². The zero-order valence-electron chi connectivity index (χ0n) is 11.2. The first-order valence-electron chi connectivity index (χ1n) is 6.43. The molecule has 0 aliphatic carbocycles. The minimum Gasteiger partial charge on any atom is -0.465 e. The normalized spacial score (nSPS) is 18.3. The van der Waals surface area contributed by atoms with Gasteiger partial charge in [-0.15, -0.1) is 0 Å². The summed E-state index contributed by atoms with van der Waals surface area (Å²) >= 11 is 0. The molecule has 1 heterocycles. The monoisotopic (exact) mass is 262 g/mol. The Morgan fingerprint density at radius 3 is 2.95 bits per heavy atom. The molecule has 0 saturated carbocycles. The lowest BCUT2D eigenvalue weighted by molar-refractivity contribution is -0.141. The summed E-state index contributed by atoms with van der Waals surface area (Å²) in [5.74, 6) is -0.315. The Balaban J connectivity index is 2.29. The lowest BCUT2D eigenvalue weighted by Crippen LogP contribution is -2.38. The molecule has 1 aromatic carbocycles. The number of hydrogen-bond acceptors (Lipinski definition) is 4. The van der Waals surface area contributed by atoms with Crippen molar-refractivity contribution in [3.63, 3.8) is 0 Å². The molecule has 1 aromatic rings. The van der Waals surface area contributed by atoms with Gasteiger partial charge in [-0.2, -0.15) is 0 Å². The van der Waals surface area contributed by atoms with Crippen molar-refractivity contribution >= 4 is 23.3 Å². The summed E-state index contributed by atoms with van der Waals surface area (Å²) in [5.41, 5.74) is 1.59. The molecular formula is C14H18N2O3. The van der Waals surface area contributed by atoms with Crippen molar-refractivity contribution in [2.75, 3.05) is 23.4 Å². The van der Waals surface area contributed by atoms with Crippen molar-refractivity contribution in [2.45, 2.75) is 26.3 Å². The summed E-state index contributed by atoms with van der Waals surface area (Å²) < 4.78 is 4.99. The Kier molecular flexibility index (Phi) is 4.04. The molecule has 102 valence electrons. The number of carbonyl (C=O) groups is 2. The van der Waals surface area contributed by atoms with Crippen LogP contribution >= 0.6 is 0 Å². The topological polar surface area (TPSA) is 58.6 Å². The van der Waals surface area contributed by atoms with Crippen LogP contribution in [0.5, 0.6) is 0 Å². The van der Waals surface area contributed by atoms with E-state index < -0.39 is 0 Å². The zero-order valence-corrected chi connectivity index (χ0v) is 11.2. The highest BCUT2D eigenvalue weighted by atomic mass is 16.5. The maximum Gasteiger partial charge on any atom is 0.325 e. The number of para-hydroxylation sites is 2. The van der Waals surface area contributed by atoms with E-state index >= 15 is 0 Å². The van der Waals surface area contributed by atoms with E-state index in [1.807, 2.05) is 36.1 Å². The molecule has 19 heavy (non-hydrogen) atoms. The second-order valence-corrected chi connectivity index (χ2v) is 4.55. The first kappa shape index (κ1) is 13.4. The Morgan fingerprint density at radius 1 is 1.47 bits per heavy atom. The molecule has 1 N–H and O–H groups in total. The van der Waals surface area contributed by atoms with Crippen LogP contribution in [0.3, 0.4) is 0 Å². The predicted molar refractivity (Wildman–Crippen MR) is 73.1 cm³/mol. The van der Waals surface area contributed by atoms with E-state index in [4.69, 9.17) is 4.74 Å². The predicted octanol–water partition coefficient (Wildman–Crippen LogP) is 1.79. The van der Waals surface area contributed by atoms with Gasteiger partial charge >= 0.3 is 5.97 Å². The van der Waals surface area contributed by atoms with E-state index in [0.717, 1.165) is 11.4 Å². The molecule has 0 bridgehead atoms. The van der Waals surface area contributed by atoms with Crippen LogP contribution in [0.15, 0.2) is 24.3 Å². The fourth-order valence-corrected chi connectivity index (χ4v) is 2.23. The number of hydrogen-bond donors (Lipinski definition) is 1. The van der Waals surface area contributed by atoms with Crippen LogP contribution in [-0.4, -0.2) is 31.1 Å². The standard InChI is InChI=1S/C14H18N2O3/c1-3-19-14(18)9-16-10(2)8-13(17)15-11-6-4-5-7-12(11)16/h4-7,10H,3,8-9H2,1-2H3,(H,15,17)/t10-/m1/s1. The van der Waals surface area contributed by atoms with E-state index in [0.29, 0.717) is 13.0 Å². The number of anilines is 2. The number of ether oxygens (including phenoxy) is 1. The molecule has 0 aromatic heterocycles. The molecule has 1 atom stereocenters. The van der Waals surface area contributed by atoms with Crippen molar-refractivity contribution in [1.82, 2.24) is 0 Å². The Morgan fingerprint density at radius 2 is 2.21 bits per heavy atom. The highest BCUT2D eigenvalue weighted by Gasteiger charge is 2.26. The van der Waals surface area contributed by atoms with Crippen LogP contribution < -0.4 is 10.2 Å². The summed E-state index contributed by atoms with van der Waals surface area (Å²) in [6, 6.07) is 7.44. The van der Waals surface area contributed by atoms with E-state index in [2.05, 4.69) is 5.32 Å². The molecular weight excluding hydrogens is 244 g/mol. The Labute approximate surface area is 112 Å². The molecule has 0 spiro atoms. The fraction of sp³-hybridized carbons (Fsp3) is 0.429. The first-order valence-corrected chi connectivity index (χ1v) is 6.43. The number of amides is 1. The van der Waals surface area contributed by atoms with Crippen molar-refractivity contribution in [2.24, 2.45) is 0 Å². The van der Waals surface area contributed by atoms with Gasteiger partial charge in [0.2, 0.25) is 5.91 Å². The second kappa shape index (κ2) is 5.73. The van der Waals surface area contributed by atoms with Gasteiger partial charge in [-0.3, -0.25) is 9.59 Å². The van der Waals surface area contributed by atoms with Gasteiger partial charge in [0, 0.05) is 12.5 Å². The number of nitrogens with one attached hydrogen (secondary N) is 1. The summed E-state index contributed by atoms with van der Waals surface area (Å²) in [7, 11) is 0. The molecule has 5 nitrogen and oxygen atoms in total. The zero-order chi connectivity index (χ0) is 13.8. The van der Waals surface area contributed by atoms with Gasteiger partial charge in [-0.1, -0.05) is 12.1 Å². The number of nitrogens with zero attached hydrogens (tertiary/aromatic N) is 1. The van der Waals surface area contributed by atoms with E-state index in [1.165, 1.54) is 0 Å². The number of carbonyl (C=O) groups excluding carboxylic acids is 2. The van der Waals surface area contributed by atoms with Gasteiger partial charge in [0.1, 0.15) is 6.54 Å². The minimum absolute atomic E-state index is 0.0358. The third kappa shape index (κ3) is 3.05. The van der Waals surface area contributed by atoms with E-state index in [9.17, 15) is 9.59 Å². The van der Waals surface area contributed by atoms with Crippen LogP contribution in [0, 0.1) is 0 Å². The summed E-state index contributed by atoms with van der Waals surface area (Å²) in [4.78, 5) is 25.4. The van der Waals surface area contributed by atoms with Crippen LogP contribution in [0.1, 0.15) is 20.3 Å². The van der Waals surface area contributed by atoms with Crippen molar-refractivity contribution in [3.8, 4) is 0 Å². The number of esters is 1. The maximum atomic E-state index is 11.8. The highest BCUT2D eigenvalue weighted by Crippen LogP contribution is 2.30. The third-order valence-corrected chi connectivity index (χ3v) is 3.11. The molecule has 0 radical (unpaired) electrons. The summed E-state index contributed by atoms with van der Waals surface area (Å²) in [6.07, 6.45) is 0.355. The molecule has 0 fully saturated rings. The number of rotatable bonds is 3. The van der Waals surface area contributed by atoms with Gasteiger partial charge < -0.3 is 15.0 Å². The van der Waals surface area contributed by atoms with Gasteiger partial charge in [0.15, 0.2) is 0 Å². The molecule has 1 aliphatic heterocycles. The molecule has 1 amide bonds. The quantitative estimate of drug-likeness (QED) is 0.844. The van der Waals surface area contributed by atoms with Crippen molar-refractivity contribution in [3.05, 3.63) is 24.3 Å². The molecule has 2 rings (SSSR count). The molecule has 0 unspecified atom stereocenters. The van der Waals surface area contributed by atoms with Crippen molar-refractivity contribution < 1.29 is 14.3 Å². The van der Waals surface area contributed by atoms with Gasteiger partial charge in [0.25, 0.3) is 0 Å².